The smallest absolute Gasteiger partial charge is 0.191 e. The fourth-order valence-corrected chi connectivity index (χ4v) is 3.39. The van der Waals surface area contributed by atoms with Crippen molar-refractivity contribution in [3.8, 4) is 0 Å². The van der Waals surface area contributed by atoms with Crippen LogP contribution in [-0.4, -0.2) is 75.2 Å². The molecule has 5 heteroatoms. The SMILES string of the molecule is CCNC(=NCC(C)c1cccc(C)c1)NCCCCN1CCN(C)CC1. The average Bonchev–Trinajstić information content (AvgIpc) is 2.67. The molecule has 0 saturated carbocycles. The second-order valence-electron chi connectivity index (χ2n) is 7.81. The quantitative estimate of drug-likeness (QED) is 0.397. The number of aryl methyl sites for hydroxylation is 1. The van der Waals surface area contributed by atoms with Crippen LogP contribution in [0, 0.1) is 6.92 Å². The lowest BCUT2D eigenvalue weighted by Crippen LogP contribution is -2.44. The van der Waals surface area contributed by atoms with Gasteiger partial charge >= 0.3 is 0 Å². The topological polar surface area (TPSA) is 42.9 Å². The van der Waals surface area contributed by atoms with Crippen LogP contribution in [0.5, 0.6) is 0 Å². The van der Waals surface area contributed by atoms with Gasteiger partial charge in [0.1, 0.15) is 0 Å². The van der Waals surface area contributed by atoms with E-state index in [1.807, 2.05) is 0 Å². The van der Waals surface area contributed by atoms with Gasteiger partial charge in [0.2, 0.25) is 0 Å². The van der Waals surface area contributed by atoms with Crippen LogP contribution in [0.25, 0.3) is 0 Å². The second-order valence-corrected chi connectivity index (χ2v) is 7.81. The molecule has 152 valence electrons. The van der Waals surface area contributed by atoms with Gasteiger partial charge in [-0.15, -0.1) is 0 Å². The average molecular weight is 374 g/mol. The highest BCUT2D eigenvalue weighted by molar-refractivity contribution is 5.79. The van der Waals surface area contributed by atoms with Crippen molar-refractivity contribution < 1.29 is 0 Å². The minimum Gasteiger partial charge on any atom is -0.357 e. The van der Waals surface area contributed by atoms with E-state index in [4.69, 9.17) is 4.99 Å². The highest BCUT2D eigenvalue weighted by Crippen LogP contribution is 2.16. The van der Waals surface area contributed by atoms with Crippen molar-refractivity contribution in [3.63, 3.8) is 0 Å². The first kappa shape index (κ1) is 21.7. The van der Waals surface area contributed by atoms with E-state index in [1.54, 1.807) is 0 Å². The van der Waals surface area contributed by atoms with E-state index in [1.165, 1.54) is 56.7 Å². The van der Waals surface area contributed by atoms with Crippen molar-refractivity contribution in [3.05, 3.63) is 35.4 Å². The lowest BCUT2D eigenvalue weighted by atomic mass is 10.00. The number of likely N-dealkylation sites (N-methyl/N-ethyl adjacent to an activating group) is 1. The molecule has 2 N–H and O–H groups in total. The molecule has 1 atom stereocenters. The van der Waals surface area contributed by atoms with Gasteiger partial charge in [0.15, 0.2) is 5.96 Å². The molecule has 0 amide bonds. The zero-order valence-electron chi connectivity index (χ0n) is 17.8. The van der Waals surface area contributed by atoms with E-state index in [0.717, 1.165) is 25.6 Å². The summed E-state index contributed by atoms with van der Waals surface area (Å²) in [6.07, 6.45) is 2.43. The third-order valence-electron chi connectivity index (χ3n) is 5.27. The van der Waals surface area contributed by atoms with Gasteiger partial charge in [-0.05, 0) is 45.8 Å². The van der Waals surface area contributed by atoms with Gasteiger partial charge in [0, 0.05) is 51.7 Å². The molecule has 1 aliphatic rings. The van der Waals surface area contributed by atoms with Crippen molar-refractivity contribution >= 4 is 5.96 Å². The fraction of sp³-hybridized carbons (Fsp3) is 0.682. The maximum Gasteiger partial charge on any atom is 0.191 e. The number of unbranched alkanes of at least 4 members (excludes halogenated alkanes) is 1. The van der Waals surface area contributed by atoms with Gasteiger partial charge in [-0.2, -0.15) is 0 Å². The number of nitrogens with one attached hydrogen (secondary N) is 2. The predicted octanol–water partition coefficient (Wildman–Crippen LogP) is 2.68. The first-order chi connectivity index (χ1) is 13.1. The summed E-state index contributed by atoms with van der Waals surface area (Å²) in [4.78, 5) is 9.79. The molecule has 2 rings (SSSR count). The minimum atomic E-state index is 0.428. The molecule has 0 aromatic heterocycles. The van der Waals surface area contributed by atoms with Gasteiger partial charge in [-0.25, -0.2) is 0 Å². The van der Waals surface area contributed by atoms with Crippen LogP contribution < -0.4 is 10.6 Å². The van der Waals surface area contributed by atoms with Crippen LogP contribution in [-0.2, 0) is 0 Å². The van der Waals surface area contributed by atoms with Gasteiger partial charge in [0.25, 0.3) is 0 Å². The maximum atomic E-state index is 4.79. The summed E-state index contributed by atoms with van der Waals surface area (Å²) in [5.74, 6) is 1.37. The molecule has 1 aromatic carbocycles. The Kier molecular flexibility index (Phi) is 9.64. The first-order valence-electron chi connectivity index (χ1n) is 10.6. The van der Waals surface area contributed by atoms with Crippen molar-refractivity contribution in [2.24, 2.45) is 4.99 Å². The number of nitrogens with zero attached hydrogens (tertiary/aromatic N) is 3. The van der Waals surface area contributed by atoms with Crippen molar-refractivity contribution in [2.75, 3.05) is 59.4 Å². The molecule has 5 nitrogen and oxygen atoms in total. The largest absolute Gasteiger partial charge is 0.357 e. The maximum absolute atomic E-state index is 4.79. The van der Waals surface area contributed by atoms with Gasteiger partial charge < -0.3 is 20.4 Å². The number of benzene rings is 1. The molecule has 1 aromatic rings. The molecular weight excluding hydrogens is 334 g/mol. The zero-order chi connectivity index (χ0) is 19.5. The summed E-state index contributed by atoms with van der Waals surface area (Å²) in [5.41, 5.74) is 2.68. The molecule has 1 fully saturated rings. The number of guanidine groups is 1. The lowest BCUT2D eigenvalue weighted by Gasteiger charge is -2.32. The summed E-state index contributed by atoms with van der Waals surface area (Å²) in [6, 6.07) is 8.74. The lowest BCUT2D eigenvalue weighted by molar-refractivity contribution is 0.152. The van der Waals surface area contributed by atoms with E-state index in [2.05, 4.69) is 72.5 Å². The van der Waals surface area contributed by atoms with Gasteiger partial charge in [-0.1, -0.05) is 36.8 Å². The van der Waals surface area contributed by atoms with Crippen LogP contribution in [0.4, 0.5) is 0 Å². The Hall–Kier alpha value is -1.59. The van der Waals surface area contributed by atoms with E-state index < -0.39 is 0 Å². The van der Waals surface area contributed by atoms with Crippen LogP contribution in [0.2, 0.25) is 0 Å². The number of aliphatic imine (C=N–C) groups is 1. The number of hydrogen-bond acceptors (Lipinski definition) is 3. The van der Waals surface area contributed by atoms with E-state index in [9.17, 15) is 0 Å². The standard InChI is InChI=1S/C22H39N5/c1-5-23-22(25-18-20(3)21-10-8-9-19(2)17-21)24-11-6-7-12-27-15-13-26(4)14-16-27/h8-10,17,20H,5-7,11-16,18H2,1-4H3,(H2,23,24,25). The van der Waals surface area contributed by atoms with Gasteiger partial charge in [-0.3, -0.25) is 4.99 Å². The van der Waals surface area contributed by atoms with Crippen LogP contribution in [0.1, 0.15) is 43.7 Å². The number of rotatable bonds is 9. The number of hydrogen-bond donors (Lipinski definition) is 2. The summed E-state index contributed by atoms with van der Waals surface area (Å²) < 4.78 is 0. The van der Waals surface area contributed by atoms with E-state index in [0.29, 0.717) is 5.92 Å². The Morgan fingerprint density at radius 1 is 1.15 bits per heavy atom. The monoisotopic (exact) mass is 373 g/mol. The zero-order valence-corrected chi connectivity index (χ0v) is 17.8. The Labute approximate surface area is 166 Å². The molecule has 27 heavy (non-hydrogen) atoms. The van der Waals surface area contributed by atoms with Crippen molar-refractivity contribution in [2.45, 2.75) is 39.5 Å². The predicted molar refractivity (Wildman–Crippen MR) is 117 cm³/mol. The van der Waals surface area contributed by atoms with Crippen molar-refractivity contribution in [1.29, 1.82) is 0 Å². The molecule has 1 unspecified atom stereocenters. The van der Waals surface area contributed by atoms with Crippen LogP contribution in [0.15, 0.2) is 29.3 Å². The Bertz CT molecular complexity index is 564. The third-order valence-corrected chi connectivity index (χ3v) is 5.27. The fourth-order valence-electron chi connectivity index (χ4n) is 3.39. The Balaban J connectivity index is 1.68. The first-order valence-corrected chi connectivity index (χ1v) is 10.6. The minimum absolute atomic E-state index is 0.428. The molecule has 1 saturated heterocycles. The molecule has 1 aliphatic heterocycles. The molecular formula is C22H39N5. The highest BCUT2D eigenvalue weighted by Gasteiger charge is 2.12. The normalized spacial score (nSPS) is 17.7. The van der Waals surface area contributed by atoms with Crippen molar-refractivity contribution in [1.82, 2.24) is 20.4 Å². The summed E-state index contributed by atoms with van der Waals surface area (Å²) in [6.45, 7) is 15.2. The van der Waals surface area contributed by atoms with Crippen LogP contribution >= 0.6 is 0 Å². The van der Waals surface area contributed by atoms with E-state index in [-0.39, 0.29) is 0 Å². The molecule has 0 bridgehead atoms. The molecule has 0 aliphatic carbocycles. The molecule has 0 radical (unpaired) electrons. The summed E-state index contributed by atoms with van der Waals surface area (Å²) in [5, 5.41) is 6.86. The third kappa shape index (κ3) is 8.31. The summed E-state index contributed by atoms with van der Waals surface area (Å²) >= 11 is 0. The van der Waals surface area contributed by atoms with E-state index >= 15 is 0 Å². The summed E-state index contributed by atoms with van der Waals surface area (Å²) in [7, 11) is 2.21. The molecule has 0 spiro atoms. The Morgan fingerprint density at radius 3 is 2.63 bits per heavy atom. The number of piperazine rings is 1. The highest BCUT2D eigenvalue weighted by atomic mass is 15.2. The van der Waals surface area contributed by atoms with Crippen LogP contribution in [0.3, 0.4) is 0 Å². The Morgan fingerprint density at radius 2 is 1.93 bits per heavy atom. The molecule has 1 heterocycles. The van der Waals surface area contributed by atoms with Gasteiger partial charge in [0.05, 0.1) is 0 Å². The second kappa shape index (κ2) is 12.0.